The summed E-state index contributed by atoms with van der Waals surface area (Å²) in [7, 11) is 0. The molecule has 1 unspecified atom stereocenters. The van der Waals surface area contributed by atoms with E-state index in [1.54, 1.807) is 31.2 Å². The van der Waals surface area contributed by atoms with Gasteiger partial charge in [0.1, 0.15) is 23.9 Å². The molecule has 0 bridgehead atoms. The van der Waals surface area contributed by atoms with Gasteiger partial charge in [0.05, 0.1) is 13.2 Å². The second-order valence-corrected chi connectivity index (χ2v) is 7.79. The second kappa shape index (κ2) is 14.9. The Morgan fingerprint density at radius 2 is 1.54 bits per heavy atom. The van der Waals surface area contributed by atoms with Gasteiger partial charge in [-0.15, -0.1) is 0 Å². The third-order valence-corrected chi connectivity index (χ3v) is 4.89. The number of carbonyl (C=O) groups excluding carboxylic acids is 1. The molecule has 8 nitrogen and oxygen atoms in total. The molecule has 0 aromatic heterocycles. The number of aliphatic carboxylic acids is 1. The molecule has 204 valence electrons. The molecule has 12 heteroatoms. The Morgan fingerprint density at radius 3 is 2.11 bits per heavy atom. The van der Waals surface area contributed by atoms with E-state index in [0.29, 0.717) is 17.1 Å². The first-order valence-electron chi connectivity index (χ1n) is 11.5. The van der Waals surface area contributed by atoms with Crippen molar-refractivity contribution in [1.29, 1.82) is 0 Å². The number of hydrogen-bond acceptors (Lipinski definition) is 6. The third-order valence-electron chi connectivity index (χ3n) is 4.89. The molecule has 0 aliphatic rings. The first-order chi connectivity index (χ1) is 17.6. The van der Waals surface area contributed by atoms with Gasteiger partial charge >= 0.3 is 18.2 Å². The average Bonchev–Trinajstić information content (AvgIpc) is 2.85. The fraction of sp³-hybridized carbons (Fsp3) is 0.440. The molecule has 0 spiro atoms. The van der Waals surface area contributed by atoms with Gasteiger partial charge in [0.15, 0.2) is 12.7 Å². The van der Waals surface area contributed by atoms with Gasteiger partial charge in [-0.3, -0.25) is 0 Å². The monoisotopic (exact) mass is 531 g/mol. The lowest BCUT2D eigenvalue weighted by Crippen LogP contribution is -2.38. The van der Waals surface area contributed by atoms with Crippen molar-refractivity contribution in [1.82, 2.24) is 4.90 Å². The summed E-state index contributed by atoms with van der Waals surface area (Å²) in [4.78, 5) is 24.5. The highest BCUT2D eigenvalue weighted by molar-refractivity contribution is 5.72. The van der Waals surface area contributed by atoms with Gasteiger partial charge in [-0.05, 0) is 55.3 Å². The van der Waals surface area contributed by atoms with Crippen LogP contribution in [0.2, 0.25) is 0 Å². The normalized spacial score (nSPS) is 12.0. The summed E-state index contributed by atoms with van der Waals surface area (Å²) in [5.74, 6) is -0.649. The van der Waals surface area contributed by atoms with Crippen molar-refractivity contribution in [3.8, 4) is 11.5 Å². The number of carboxylic acids is 1. The molecule has 2 aromatic rings. The predicted octanol–water partition coefficient (Wildman–Crippen LogP) is 4.71. The van der Waals surface area contributed by atoms with Crippen molar-refractivity contribution >= 4 is 12.1 Å². The van der Waals surface area contributed by atoms with E-state index in [4.69, 9.17) is 14.2 Å². The SMILES string of the molecule is CCOC(Cc1ccc(OCCN(CCCOc2ccc(F)cc2)C(=O)OCC(F)(F)F)cc1)C(=O)O. The highest BCUT2D eigenvalue weighted by Gasteiger charge is 2.30. The lowest BCUT2D eigenvalue weighted by molar-refractivity contribution is -0.162. The molecular formula is C25H29F4NO7. The van der Waals surface area contributed by atoms with Crippen LogP contribution in [0.15, 0.2) is 48.5 Å². The zero-order valence-electron chi connectivity index (χ0n) is 20.2. The fourth-order valence-electron chi connectivity index (χ4n) is 3.13. The molecule has 1 amide bonds. The molecule has 0 saturated carbocycles. The lowest BCUT2D eigenvalue weighted by atomic mass is 10.1. The minimum atomic E-state index is -4.66. The molecule has 0 heterocycles. The smallest absolute Gasteiger partial charge is 0.422 e. The maximum Gasteiger partial charge on any atom is 0.422 e. The quantitative estimate of drug-likeness (QED) is 0.263. The molecule has 0 fully saturated rings. The summed E-state index contributed by atoms with van der Waals surface area (Å²) in [6, 6.07) is 11.9. The van der Waals surface area contributed by atoms with E-state index in [1.807, 2.05) is 0 Å². The van der Waals surface area contributed by atoms with Crippen molar-refractivity contribution in [2.75, 3.05) is 39.5 Å². The first kappa shape index (κ1) is 29.7. The molecular weight excluding hydrogens is 502 g/mol. The molecule has 0 radical (unpaired) electrons. The number of hydrogen-bond donors (Lipinski definition) is 1. The topological polar surface area (TPSA) is 94.5 Å². The fourth-order valence-corrected chi connectivity index (χ4v) is 3.13. The highest BCUT2D eigenvalue weighted by Crippen LogP contribution is 2.17. The van der Waals surface area contributed by atoms with Crippen LogP contribution in [0.1, 0.15) is 18.9 Å². The maximum absolute atomic E-state index is 13.0. The molecule has 1 atom stereocenters. The van der Waals surface area contributed by atoms with Crippen LogP contribution in [-0.2, 0) is 20.7 Å². The van der Waals surface area contributed by atoms with Gasteiger partial charge in [0, 0.05) is 19.6 Å². The minimum absolute atomic E-state index is 0.0318. The standard InChI is InChI=1S/C25H29F4NO7/c1-2-34-22(23(31)32)16-18-4-8-20(9-5-18)36-15-13-30(24(33)37-17-25(27,28)29)12-3-14-35-21-10-6-19(26)7-11-21/h4-11,22H,2-3,12-17H2,1H3,(H,31,32). The van der Waals surface area contributed by atoms with Crippen LogP contribution in [0, 0.1) is 5.82 Å². The van der Waals surface area contributed by atoms with Crippen molar-refractivity contribution in [3.05, 3.63) is 59.9 Å². The summed E-state index contributed by atoms with van der Waals surface area (Å²) in [6.45, 7) is 0.336. The van der Waals surface area contributed by atoms with Gasteiger partial charge in [0.2, 0.25) is 0 Å². The average molecular weight is 531 g/mol. The number of amides is 1. The first-order valence-corrected chi connectivity index (χ1v) is 11.5. The third kappa shape index (κ3) is 11.8. The van der Waals surface area contributed by atoms with E-state index in [2.05, 4.69) is 4.74 Å². The van der Waals surface area contributed by atoms with Gasteiger partial charge < -0.3 is 29.0 Å². The zero-order valence-corrected chi connectivity index (χ0v) is 20.2. The van der Waals surface area contributed by atoms with Crippen LogP contribution in [0.4, 0.5) is 22.4 Å². The van der Waals surface area contributed by atoms with Crippen molar-refractivity contribution in [2.45, 2.75) is 32.0 Å². The lowest BCUT2D eigenvalue weighted by Gasteiger charge is -2.22. The van der Waals surface area contributed by atoms with E-state index in [1.165, 1.54) is 24.3 Å². The number of ether oxygens (including phenoxy) is 4. The van der Waals surface area contributed by atoms with E-state index < -0.39 is 36.8 Å². The summed E-state index contributed by atoms with van der Waals surface area (Å²) in [5, 5.41) is 9.19. The van der Waals surface area contributed by atoms with Gasteiger partial charge in [-0.1, -0.05) is 12.1 Å². The van der Waals surface area contributed by atoms with E-state index in [0.717, 1.165) is 4.90 Å². The Kier molecular flexibility index (Phi) is 11.9. The molecule has 0 aliphatic carbocycles. The Morgan fingerprint density at radius 1 is 0.946 bits per heavy atom. The second-order valence-electron chi connectivity index (χ2n) is 7.79. The van der Waals surface area contributed by atoms with Crippen molar-refractivity contribution in [3.63, 3.8) is 0 Å². The number of carboxylic acid groups (broad SMARTS) is 1. The molecule has 2 aromatic carbocycles. The number of alkyl halides is 3. The highest BCUT2D eigenvalue weighted by atomic mass is 19.4. The van der Waals surface area contributed by atoms with Crippen molar-refractivity contribution < 1.29 is 51.2 Å². The Labute approximate surface area is 211 Å². The number of carbonyl (C=O) groups is 2. The Bertz CT molecular complexity index is 969. The van der Waals surface area contributed by atoms with Crippen LogP contribution in [0.5, 0.6) is 11.5 Å². The Balaban J connectivity index is 1.86. The van der Waals surface area contributed by atoms with Crippen LogP contribution in [0.25, 0.3) is 0 Å². The minimum Gasteiger partial charge on any atom is -0.494 e. The van der Waals surface area contributed by atoms with Gasteiger partial charge in [-0.25, -0.2) is 14.0 Å². The summed E-state index contributed by atoms with van der Waals surface area (Å²) in [5.41, 5.74) is 0.715. The summed E-state index contributed by atoms with van der Waals surface area (Å²) < 4.78 is 70.9. The number of nitrogens with zero attached hydrogens (tertiary/aromatic N) is 1. The van der Waals surface area contributed by atoms with Gasteiger partial charge in [0.25, 0.3) is 0 Å². The number of benzene rings is 2. The van der Waals surface area contributed by atoms with Gasteiger partial charge in [-0.2, -0.15) is 13.2 Å². The van der Waals surface area contributed by atoms with Crippen LogP contribution in [-0.4, -0.2) is 73.9 Å². The maximum atomic E-state index is 13.0. The molecule has 0 saturated heterocycles. The van der Waals surface area contributed by atoms with Crippen LogP contribution in [0.3, 0.4) is 0 Å². The predicted molar refractivity (Wildman–Crippen MR) is 124 cm³/mol. The van der Waals surface area contributed by atoms with E-state index >= 15 is 0 Å². The molecule has 2 rings (SSSR count). The van der Waals surface area contributed by atoms with Crippen LogP contribution >= 0.6 is 0 Å². The largest absolute Gasteiger partial charge is 0.494 e. The van der Waals surface area contributed by atoms with Crippen LogP contribution < -0.4 is 9.47 Å². The zero-order chi connectivity index (χ0) is 27.3. The molecule has 37 heavy (non-hydrogen) atoms. The summed E-state index contributed by atoms with van der Waals surface area (Å²) >= 11 is 0. The van der Waals surface area contributed by atoms with E-state index in [-0.39, 0.29) is 45.8 Å². The summed E-state index contributed by atoms with van der Waals surface area (Å²) in [6.07, 6.45) is -6.33. The molecule has 0 aliphatic heterocycles. The Hall–Kier alpha value is -3.54. The number of halogens is 4. The van der Waals surface area contributed by atoms with E-state index in [9.17, 15) is 32.3 Å². The molecule has 1 N–H and O–H groups in total. The number of rotatable bonds is 15. The van der Waals surface area contributed by atoms with Crippen molar-refractivity contribution in [2.24, 2.45) is 0 Å².